The lowest BCUT2D eigenvalue weighted by atomic mass is 9.98. The van der Waals surface area contributed by atoms with Crippen LogP contribution in [0.4, 0.5) is 10.1 Å². The highest BCUT2D eigenvalue weighted by Crippen LogP contribution is 2.36. The number of hydrogen-bond acceptors (Lipinski definition) is 5. The van der Waals surface area contributed by atoms with Gasteiger partial charge in [0.25, 0.3) is 0 Å². The van der Waals surface area contributed by atoms with Crippen molar-refractivity contribution in [2.75, 3.05) is 12.0 Å². The van der Waals surface area contributed by atoms with E-state index in [1.54, 1.807) is 12.1 Å². The smallest absolute Gasteiger partial charge is 0.249 e. The molecule has 0 aliphatic rings. The van der Waals surface area contributed by atoms with Gasteiger partial charge in [0.1, 0.15) is 29.7 Å². The molecule has 0 aliphatic carbocycles. The van der Waals surface area contributed by atoms with Crippen LogP contribution in [-0.4, -0.2) is 39.5 Å². The van der Waals surface area contributed by atoms with Crippen molar-refractivity contribution in [3.05, 3.63) is 83.7 Å². The summed E-state index contributed by atoms with van der Waals surface area (Å²) >= 11 is 0. The zero-order valence-electron chi connectivity index (χ0n) is 22.2. The van der Waals surface area contributed by atoms with Crippen molar-refractivity contribution in [1.29, 1.82) is 0 Å². The van der Waals surface area contributed by atoms with Gasteiger partial charge in [-0.2, -0.15) is 0 Å². The van der Waals surface area contributed by atoms with Crippen LogP contribution in [0, 0.1) is 12.7 Å². The first kappa shape index (κ1) is 26.8. The molecule has 0 fully saturated rings. The number of carbonyl (C=O) groups is 2. The predicted molar refractivity (Wildman–Crippen MR) is 144 cm³/mol. The Balaban J connectivity index is 1.88. The minimum absolute atomic E-state index is 0.181. The topological polar surface area (TPSA) is 89.4 Å². The van der Waals surface area contributed by atoms with E-state index in [9.17, 15) is 14.0 Å². The number of benzene rings is 3. The normalized spacial score (nSPS) is 12.3. The third kappa shape index (κ3) is 5.66. The van der Waals surface area contributed by atoms with E-state index >= 15 is 0 Å². The first-order chi connectivity index (χ1) is 18.1. The third-order valence-corrected chi connectivity index (χ3v) is 6.61. The lowest BCUT2D eigenvalue weighted by Crippen LogP contribution is -2.51. The average Bonchev–Trinajstić information content (AvgIpc) is 3.30. The molecule has 0 aliphatic heterocycles. The number of amides is 2. The highest BCUT2D eigenvalue weighted by molar-refractivity contribution is 6.02. The number of fused-ring (bicyclic) bond motifs is 1. The van der Waals surface area contributed by atoms with Crippen LogP contribution in [0.2, 0.25) is 0 Å². The fourth-order valence-corrected chi connectivity index (χ4v) is 4.20. The molecule has 1 aromatic heterocycles. The molecule has 198 valence electrons. The van der Waals surface area contributed by atoms with Crippen molar-refractivity contribution >= 4 is 28.5 Å². The monoisotopic (exact) mass is 517 g/mol. The molecule has 2 amide bonds. The standard InChI is InChI=1S/C29H32FN5O3/c1-6-29(3,4)31-28(37)27(20-12-14-21(30)15-13-20)35(24-17-19(2)11-16-25(24)38-5)26(36)18-34-23-10-8-7-9-22(23)32-33-34/h7-17,27H,6,18H2,1-5H3,(H,31,37)/t27-/m1/s1. The summed E-state index contributed by atoms with van der Waals surface area (Å²) in [5, 5.41) is 11.4. The Kier molecular flexibility index (Phi) is 7.75. The van der Waals surface area contributed by atoms with Crippen LogP contribution in [-0.2, 0) is 16.1 Å². The summed E-state index contributed by atoms with van der Waals surface area (Å²) in [4.78, 5) is 29.5. The van der Waals surface area contributed by atoms with Crippen LogP contribution in [0.5, 0.6) is 5.75 Å². The Labute approximate surface area is 221 Å². The number of aromatic nitrogens is 3. The van der Waals surface area contributed by atoms with E-state index < -0.39 is 29.2 Å². The van der Waals surface area contributed by atoms with E-state index in [1.807, 2.05) is 58.0 Å². The third-order valence-electron chi connectivity index (χ3n) is 6.61. The molecule has 4 rings (SSSR count). The molecule has 0 bridgehead atoms. The average molecular weight is 518 g/mol. The molecular weight excluding hydrogens is 485 g/mol. The SMILES string of the molecule is CCC(C)(C)NC(=O)[C@@H](c1ccc(F)cc1)N(C(=O)Cn1nnc2ccccc21)c1cc(C)ccc1OC. The minimum atomic E-state index is -1.11. The number of rotatable bonds is 9. The van der Waals surface area contributed by atoms with Crippen LogP contribution >= 0.6 is 0 Å². The number of nitrogens with zero attached hydrogens (tertiary/aromatic N) is 4. The summed E-state index contributed by atoms with van der Waals surface area (Å²) in [5.74, 6) is -0.837. The molecule has 0 unspecified atom stereocenters. The van der Waals surface area contributed by atoms with Gasteiger partial charge in [0.2, 0.25) is 11.8 Å². The zero-order chi connectivity index (χ0) is 27.4. The van der Waals surface area contributed by atoms with Crippen molar-refractivity contribution < 1.29 is 18.7 Å². The van der Waals surface area contributed by atoms with Crippen LogP contribution in [0.3, 0.4) is 0 Å². The van der Waals surface area contributed by atoms with Crippen LogP contribution in [0.1, 0.15) is 44.4 Å². The molecule has 0 saturated heterocycles. The van der Waals surface area contributed by atoms with Gasteiger partial charge in [-0.15, -0.1) is 5.10 Å². The molecule has 1 atom stereocenters. The van der Waals surface area contributed by atoms with Crippen LogP contribution in [0.15, 0.2) is 66.7 Å². The van der Waals surface area contributed by atoms with Gasteiger partial charge < -0.3 is 10.1 Å². The number of aryl methyl sites for hydroxylation is 1. The minimum Gasteiger partial charge on any atom is -0.495 e. The van der Waals surface area contributed by atoms with Gasteiger partial charge in [0.05, 0.1) is 18.3 Å². The fraction of sp³-hybridized carbons (Fsp3) is 0.310. The van der Waals surface area contributed by atoms with Gasteiger partial charge in [-0.05, 0) is 74.7 Å². The molecule has 1 heterocycles. The summed E-state index contributed by atoms with van der Waals surface area (Å²) in [7, 11) is 1.51. The molecule has 0 radical (unpaired) electrons. The number of methoxy groups -OCH3 is 1. The lowest BCUT2D eigenvalue weighted by molar-refractivity contribution is -0.128. The molecule has 38 heavy (non-hydrogen) atoms. The summed E-state index contributed by atoms with van der Waals surface area (Å²) in [6.45, 7) is 7.50. The van der Waals surface area contributed by atoms with E-state index in [-0.39, 0.29) is 6.54 Å². The fourth-order valence-electron chi connectivity index (χ4n) is 4.20. The number of hydrogen-bond donors (Lipinski definition) is 1. The Hall–Kier alpha value is -4.27. The Morgan fingerprint density at radius 1 is 1.11 bits per heavy atom. The number of nitrogens with one attached hydrogen (secondary N) is 1. The van der Waals surface area contributed by atoms with E-state index in [1.165, 1.54) is 41.0 Å². The molecule has 0 saturated carbocycles. The summed E-state index contributed by atoms with van der Waals surface area (Å²) in [5.41, 5.74) is 2.54. The molecule has 0 spiro atoms. The maximum Gasteiger partial charge on any atom is 0.249 e. The maximum absolute atomic E-state index is 14.2. The highest BCUT2D eigenvalue weighted by Gasteiger charge is 2.36. The van der Waals surface area contributed by atoms with E-state index in [0.717, 1.165) is 5.56 Å². The Morgan fingerprint density at radius 3 is 2.50 bits per heavy atom. The number of halogens is 1. The van der Waals surface area contributed by atoms with E-state index in [0.29, 0.717) is 34.5 Å². The number of ether oxygens (including phenoxy) is 1. The van der Waals surface area contributed by atoms with Crippen molar-refractivity contribution in [3.63, 3.8) is 0 Å². The second-order valence-electron chi connectivity index (χ2n) is 9.86. The Morgan fingerprint density at radius 2 is 1.82 bits per heavy atom. The second-order valence-corrected chi connectivity index (χ2v) is 9.86. The summed E-state index contributed by atoms with van der Waals surface area (Å²) in [6.07, 6.45) is 0.668. The van der Waals surface area contributed by atoms with Crippen molar-refractivity contribution in [2.24, 2.45) is 0 Å². The van der Waals surface area contributed by atoms with Gasteiger partial charge in [-0.1, -0.05) is 42.5 Å². The van der Waals surface area contributed by atoms with Crippen molar-refractivity contribution in [1.82, 2.24) is 20.3 Å². The molecule has 8 nitrogen and oxygen atoms in total. The van der Waals surface area contributed by atoms with Crippen molar-refractivity contribution in [3.8, 4) is 5.75 Å². The van der Waals surface area contributed by atoms with Crippen LogP contribution < -0.4 is 15.0 Å². The van der Waals surface area contributed by atoms with Gasteiger partial charge in [-0.25, -0.2) is 9.07 Å². The Bertz CT molecular complexity index is 1450. The quantitative estimate of drug-likeness (QED) is 0.339. The van der Waals surface area contributed by atoms with Crippen molar-refractivity contribution in [2.45, 2.75) is 52.2 Å². The summed E-state index contributed by atoms with van der Waals surface area (Å²) in [6, 6.07) is 17.2. The largest absolute Gasteiger partial charge is 0.495 e. The van der Waals surface area contributed by atoms with E-state index in [2.05, 4.69) is 15.6 Å². The molecule has 1 N–H and O–H groups in total. The molecule has 3 aromatic carbocycles. The zero-order valence-corrected chi connectivity index (χ0v) is 22.2. The maximum atomic E-state index is 14.2. The molecular formula is C29H32FN5O3. The first-order valence-electron chi connectivity index (χ1n) is 12.5. The van der Waals surface area contributed by atoms with Gasteiger partial charge in [0.15, 0.2) is 0 Å². The van der Waals surface area contributed by atoms with Crippen LogP contribution in [0.25, 0.3) is 11.0 Å². The summed E-state index contributed by atoms with van der Waals surface area (Å²) < 4.78 is 21.0. The highest BCUT2D eigenvalue weighted by atomic mass is 19.1. The van der Waals surface area contributed by atoms with E-state index in [4.69, 9.17) is 4.74 Å². The predicted octanol–water partition coefficient (Wildman–Crippen LogP) is 4.97. The van der Waals surface area contributed by atoms with Gasteiger partial charge in [0, 0.05) is 5.54 Å². The molecule has 9 heteroatoms. The first-order valence-corrected chi connectivity index (χ1v) is 12.5. The second kappa shape index (κ2) is 11.0. The lowest BCUT2D eigenvalue weighted by Gasteiger charge is -2.35. The number of para-hydroxylation sites is 1. The number of anilines is 1. The number of carbonyl (C=O) groups excluding carboxylic acids is 2. The van der Waals surface area contributed by atoms with Gasteiger partial charge >= 0.3 is 0 Å². The molecule has 4 aromatic rings. The van der Waals surface area contributed by atoms with Gasteiger partial charge in [-0.3, -0.25) is 14.5 Å².